The van der Waals surface area contributed by atoms with E-state index in [0.717, 1.165) is 23.2 Å². The van der Waals surface area contributed by atoms with Crippen molar-refractivity contribution >= 4 is 11.9 Å². The number of rotatable bonds is 4. The van der Waals surface area contributed by atoms with Gasteiger partial charge >= 0.3 is 5.97 Å². The molecule has 1 saturated carbocycles. The lowest BCUT2D eigenvalue weighted by molar-refractivity contribution is -0.140. The van der Waals surface area contributed by atoms with E-state index in [2.05, 4.69) is 10.4 Å². The van der Waals surface area contributed by atoms with Gasteiger partial charge in [-0.25, -0.2) is 13.9 Å². The maximum Gasteiger partial charge on any atom is 0.329 e. The molecule has 0 spiro atoms. The first-order valence-corrected chi connectivity index (χ1v) is 8.34. The molecule has 6 nitrogen and oxygen atoms in total. The fourth-order valence-electron chi connectivity index (χ4n) is 3.40. The van der Waals surface area contributed by atoms with Crippen molar-refractivity contribution in [2.45, 2.75) is 44.6 Å². The molecular formula is C18H18FN3O3. The van der Waals surface area contributed by atoms with E-state index in [0.29, 0.717) is 31.4 Å². The van der Waals surface area contributed by atoms with Crippen molar-refractivity contribution in [2.75, 3.05) is 0 Å². The number of carbonyl (C=O) groups is 2. The second-order valence-electron chi connectivity index (χ2n) is 6.84. The molecule has 130 valence electrons. The number of carboxylic acid groups (broad SMARTS) is 1. The molecule has 7 heteroatoms. The third-order valence-corrected chi connectivity index (χ3v) is 4.99. The van der Waals surface area contributed by atoms with Gasteiger partial charge in [0.15, 0.2) is 5.69 Å². The maximum absolute atomic E-state index is 14.3. The first kappa shape index (κ1) is 15.8. The third-order valence-electron chi connectivity index (χ3n) is 4.99. The SMILES string of the molecule is Cc1ccc(F)c(-n2nc(C(=O)NC3(C(=O)O)CC3)c3c2CCC3)c1. The fourth-order valence-corrected chi connectivity index (χ4v) is 3.40. The number of hydrogen-bond acceptors (Lipinski definition) is 3. The van der Waals surface area contributed by atoms with Crippen LogP contribution >= 0.6 is 0 Å². The Kier molecular flexibility index (Phi) is 3.42. The van der Waals surface area contributed by atoms with Crippen LogP contribution in [-0.4, -0.2) is 32.3 Å². The van der Waals surface area contributed by atoms with Crippen LogP contribution in [0.5, 0.6) is 0 Å². The monoisotopic (exact) mass is 343 g/mol. The Morgan fingerprint density at radius 2 is 2.08 bits per heavy atom. The van der Waals surface area contributed by atoms with Crippen LogP contribution in [-0.2, 0) is 17.6 Å². The molecule has 2 aliphatic carbocycles. The van der Waals surface area contributed by atoms with E-state index in [1.807, 2.05) is 6.92 Å². The van der Waals surface area contributed by atoms with Crippen molar-refractivity contribution in [3.8, 4) is 5.69 Å². The Balaban J connectivity index is 1.75. The average molecular weight is 343 g/mol. The van der Waals surface area contributed by atoms with Gasteiger partial charge in [-0.2, -0.15) is 5.10 Å². The minimum absolute atomic E-state index is 0.209. The van der Waals surface area contributed by atoms with Crippen LogP contribution in [0.4, 0.5) is 4.39 Å². The largest absolute Gasteiger partial charge is 0.480 e. The van der Waals surface area contributed by atoms with E-state index in [4.69, 9.17) is 0 Å². The summed E-state index contributed by atoms with van der Waals surface area (Å²) in [6.07, 6.45) is 3.11. The molecule has 0 saturated heterocycles. The molecule has 0 unspecified atom stereocenters. The van der Waals surface area contributed by atoms with Crippen molar-refractivity contribution in [1.82, 2.24) is 15.1 Å². The zero-order valence-corrected chi connectivity index (χ0v) is 13.8. The molecule has 1 amide bonds. The number of aromatic nitrogens is 2. The lowest BCUT2D eigenvalue weighted by Gasteiger charge is -2.11. The number of nitrogens with zero attached hydrogens (tertiary/aromatic N) is 2. The molecule has 2 N–H and O–H groups in total. The Labute approximate surface area is 143 Å². The highest BCUT2D eigenvalue weighted by Gasteiger charge is 2.52. The van der Waals surface area contributed by atoms with Crippen LogP contribution in [0, 0.1) is 12.7 Å². The van der Waals surface area contributed by atoms with E-state index in [-0.39, 0.29) is 5.69 Å². The normalized spacial score (nSPS) is 17.2. The zero-order valence-electron chi connectivity index (χ0n) is 13.8. The van der Waals surface area contributed by atoms with Crippen LogP contribution in [0.3, 0.4) is 0 Å². The molecule has 0 aliphatic heterocycles. The topological polar surface area (TPSA) is 84.2 Å². The number of carboxylic acids is 1. The third kappa shape index (κ3) is 2.50. The summed E-state index contributed by atoms with van der Waals surface area (Å²) in [6.45, 7) is 1.87. The Bertz CT molecular complexity index is 899. The van der Waals surface area contributed by atoms with Gasteiger partial charge in [-0.1, -0.05) is 6.07 Å². The van der Waals surface area contributed by atoms with Gasteiger partial charge in [-0.3, -0.25) is 4.79 Å². The van der Waals surface area contributed by atoms with Gasteiger partial charge < -0.3 is 10.4 Å². The van der Waals surface area contributed by atoms with Gasteiger partial charge in [-0.05, 0) is 56.7 Å². The molecule has 1 heterocycles. The van der Waals surface area contributed by atoms with Gasteiger partial charge in [0.25, 0.3) is 5.91 Å². The summed E-state index contributed by atoms with van der Waals surface area (Å²) in [5.41, 5.74) is 1.88. The minimum Gasteiger partial charge on any atom is -0.480 e. The molecule has 4 rings (SSSR count). The number of nitrogens with one attached hydrogen (secondary N) is 1. The summed E-state index contributed by atoms with van der Waals surface area (Å²) in [7, 11) is 0. The molecule has 0 atom stereocenters. The molecule has 2 aromatic rings. The highest BCUT2D eigenvalue weighted by atomic mass is 19.1. The van der Waals surface area contributed by atoms with E-state index in [1.165, 1.54) is 10.7 Å². The second kappa shape index (κ2) is 5.40. The number of aliphatic carboxylic acids is 1. The number of fused-ring (bicyclic) bond motifs is 1. The number of halogens is 1. The minimum atomic E-state index is -1.17. The molecule has 1 fully saturated rings. The summed E-state index contributed by atoms with van der Waals surface area (Å²) < 4.78 is 15.8. The Hall–Kier alpha value is -2.70. The van der Waals surface area contributed by atoms with Crippen LogP contribution in [0.2, 0.25) is 0 Å². The Morgan fingerprint density at radius 3 is 2.76 bits per heavy atom. The van der Waals surface area contributed by atoms with Crippen molar-refractivity contribution in [1.29, 1.82) is 0 Å². The molecule has 25 heavy (non-hydrogen) atoms. The van der Waals surface area contributed by atoms with Crippen molar-refractivity contribution in [3.05, 3.63) is 46.5 Å². The number of carbonyl (C=O) groups excluding carboxylic acids is 1. The summed E-state index contributed by atoms with van der Waals surface area (Å²) in [5.74, 6) is -1.93. The highest BCUT2D eigenvalue weighted by molar-refractivity contribution is 5.99. The van der Waals surface area contributed by atoms with Crippen LogP contribution in [0.25, 0.3) is 5.69 Å². The standard InChI is InChI=1S/C18H18FN3O3/c1-10-5-6-12(19)14(9-10)22-13-4-2-3-11(13)15(21-22)16(23)20-18(7-8-18)17(24)25/h5-6,9H,2-4,7-8H2,1H3,(H,20,23)(H,24,25). The first-order valence-electron chi connectivity index (χ1n) is 8.34. The molecular weight excluding hydrogens is 325 g/mol. The summed E-state index contributed by atoms with van der Waals surface area (Å²) in [4.78, 5) is 23.9. The van der Waals surface area contributed by atoms with Crippen LogP contribution in [0.15, 0.2) is 18.2 Å². The zero-order chi connectivity index (χ0) is 17.8. The van der Waals surface area contributed by atoms with E-state index in [1.54, 1.807) is 12.1 Å². The molecule has 2 aliphatic rings. The predicted molar refractivity (Wildman–Crippen MR) is 87.4 cm³/mol. The maximum atomic E-state index is 14.3. The average Bonchev–Trinajstić information content (AvgIpc) is 3.04. The smallest absolute Gasteiger partial charge is 0.329 e. The van der Waals surface area contributed by atoms with Crippen LogP contribution < -0.4 is 5.32 Å². The molecule has 1 aromatic heterocycles. The molecule has 0 radical (unpaired) electrons. The fraction of sp³-hybridized carbons (Fsp3) is 0.389. The van der Waals surface area contributed by atoms with Crippen molar-refractivity contribution in [2.24, 2.45) is 0 Å². The van der Waals surface area contributed by atoms with Gasteiger partial charge in [0.05, 0.1) is 0 Å². The number of aryl methyl sites for hydroxylation is 1. The van der Waals surface area contributed by atoms with Crippen molar-refractivity contribution in [3.63, 3.8) is 0 Å². The molecule has 0 bridgehead atoms. The summed E-state index contributed by atoms with van der Waals surface area (Å²) in [6, 6.07) is 4.76. The van der Waals surface area contributed by atoms with E-state index < -0.39 is 23.2 Å². The lowest BCUT2D eigenvalue weighted by Crippen LogP contribution is -2.43. The Morgan fingerprint density at radius 1 is 1.32 bits per heavy atom. The quantitative estimate of drug-likeness (QED) is 0.891. The number of amides is 1. The first-order chi connectivity index (χ1) is 11.9. The number of hydrogen-bond donors (Lipinski definition) is 2. The van der Waals surface area contributed by atoms with E-state index >= 15 is 0 Å². The van der Waals surface area contributed by atoms with Gasteiger partial charge in [0, 0.05) is 11.3 Å². The summed E-state index contributed by atoms with van der Waals surface area (Å²) in [5, 5.41) is 16.2. The second-order valence-corrected chi connectivity index (χ2v) is 6.84. The van der Waals surface area contributed by atoms with Gasteiger partial charge in [-0.15, -0.1) is 0 Å². The van der Waals surface area contributed by atoms with E-state index in [9.17, 15) is 19.1 Å². The van der Waals surface area contributed by atoms with Gasteiger partial charge in [0.1, 0.15) is 17.0 Å². The highest BCUT2D eigenvalue weighted by Crippen LogP contribution is 2.36. The molecule has 1 aromatic carbocycles. The lowest BCUT2D eigenvalue weighted by atomic mass is 10.1. The number of benzene rings is 1. The van der Waals surface area contributed by atoms with Gasteiger partial charge in [0.2, 0.25) is 0 Å². The van der Waals surface area contributed by atoms with Crippen molar-refractivity contribution < 1.29 is 19.1 Å². The van der Waals surface area contributed by atoms with Crippen LogP contribution in [0.1, 0.15) is 46.6 Å². The summed E-state index contributed by atoms with van der Waals surface area (Å²) >= 11 is 0. The predicted octanol–water partition coefficient (Wildman–Crippen LogP) is 2.16.